The highest BCUT2D eigenvalue weighted by Crippen LogP contribution is 2.29. The maximum atomic E-state index is 12.1. The predicted octanol–water partition coefficient (Wildman–Crippen LogP) is 2.58. The van der Waals surface area contributed by atoms with Gasteiger partial charge in [-0.2, -0.15) is 13.2 Å². The first kappa shape index (κ1) is 10.3. The molecule has 0 bridgehead atoms. The summed E-state index contributed by atoms with van der Waals surface area (Å²) < 4.78 is 36.2. The number of nitrogens with two attached hydrogens (primary N) is 1. The summed E-state index contributed by atoms with van der Waals surface area (Å²) in [6.07, 6.45) is -4.43. The predicted molar refractivity (Wildman–Crippen MR) is 46.3 cm³/mol. The Bertz CT molecular complexity index is 311. The molecule has 6 heteroatoms. The molecule has 0 aliphatic heterocycles. The van der Waals surface area contributed by atoms with E-state index in [9.17, 15) is 13.2 Å². The van der Waals surface area contributed by atoms with Crippen LogP contribution in [0.2, 0.25) is 0 Å². The van der Waals surface area contributed by atoms with E-state index in [2.05, 4.69) is 20.9 Å². The Labute approximate surface area is 81.1 Å². The van der Waals surface area contributed by atoms with Crippen molar-refractivity contribution in [1.29, 1.82) is 0 Å². The van der Waals surface area contributed by atoms with Crippen LogP contribution in [0.5, 0.6) is 0 Å². The minimum absolute atomic E-state index is 0.0910. The molecule has 0 amide bonds. The van der Waals surface area contributed by atoms with E-state index in [4.69, 9.17) is 5.73 Å². The summed E-state index contributed by atoms with van der Waals surface area (Å²) in [4.78, 5) is 3.24. The summed E-state index contributed by atoms with van der Waals surface area (Å²) in [6.45, 7) is 0. The van der Waals surface area contributed by atoms with Crippen molar-refractivity contribution in [3.63, 3.8) is 0 Å². The Morgan fingerprint density at radius 3 is 2.38 bits per heavy atom. The largest absolute Gasteiger partial charge is 0.433 e. The number of nitrogens with zero attached hydrogens (tertiary/aromatic N) is 1. The molecule has 0 unspecified atom stereocenters. The number of halogens is 4. The topological polar surface area (TPSA) is 38.9 Å². The molecule has 2 N–H and O–H groups in total. The van der Waals surface area contributed by atoms with Crippen LogP contribution in [0.1, 0.15) is 11.3 Å². The standard InChI is InChI=1S/C7H6BrF3N2/c8-3-4-1-2-5(7(9,10)11)13-6(4)12/h1-2H,3H2,(H2,12,13). The van der Waals surface area contributed by atoms with Crippen LogP contribution in [-0.4, -0.2) is 4.98 Å². The Kier molecular flexibility index (Phi) is 2.80. The third-order valence-corrected chi connectivity index (χ3v) is 2.05. The first-order chi connectivity index (χ1) is 5.95. The zero-order chi connectivity index (χ0) is 10.1. The summed E-state index contributed by atoms with van der Waals surface area (Å²) in [5, 5.41) is 0.393. The van der Waals surface area contributed by atoms with Crippen LogP contribution in [0.3, 0.4) is 0 Å². The number of rotatable bonds is 1. The van der Waals surface area contributed by atoms with E-state index in [1.807, 2.05) is 0 Å². The fraction of sp³-hybridized carbons (Fsp3) is 0.286. The van der Waals surface area contributed by atoms with Gasteiger partial charge in [-0.25, -0.2) is 4.98 Å². The van der Waals surface area contributed by atoms with Crippen LogP contribution in [0.15, 0.2) is 12.1 Å². The molecule has 13 heavy (non-hydrogen) atoms. The van der Waals surface area contributed by atoms with Crippen molar-refractivity contribution in [3.05, 3.63) is 23.4 Å². The van der Waals surface area contributed by atoms with Crippen molar-refractivity contribution in [2.24, 2.45) is 0 Å². The highest BCUT2D eigenvalue weighted by Gasteiger charge is 2.32. The third-order valence-electron chi connectivity index (χ3n) is 1.45. The SMILES string of the molecule is Nc1nc(C(F)(F)F)ccc1CBr. The van der Waals surface area contributed by atoms with Crippen molar-refractivity contribution >= 4 is 21.7 Å². The van der Waals surface area contributed by atoms with Gasteiger partial charge in [0.2, 0.25) is 0 Å². The van der Waals surface area contributed by atoms with Crippen molar-refractivity contribution in [2.75, 3.05) is 5.73 Å². The number of pyridine rings is 1. The third kappa shape index (κ3) is 2.33. The summed E-state index contributed by atoms with van der Waals surface area (Å²) in [6, 6.07) is 2.22. The van der Waals surface area contributed by atoms with Gasteiger partial charge in [-0.1, -0.05) is 22.0 Å². The lowest BCUT2D eigenvalue weighted by Crippen LogP contribution is -2.10. The number of hydrogen-bond acceptors (Lipinski definition) is 2. The molecule has 72 valence electrons. The van der Waals surface area contributed by atoms with Gasteiger partial charge >= 0.3 is 6.18 Å². The number of alkyl halides is 4. The van der Waals surface area contributed by atoms with Crippen LogP contribution >= 0.6 is 15.9 Å². The molecule has 0 saturated heterocycles. The van der Waals surface area contributed by atoms with Gasteiger partial charge in [0.05, 0.1) is 0 Å². The maximum Gasteiger partial charge on any atom is 0.433 e. The zero-order valence-electron chi connectivity index (χ0n) is 6.40. The van der Waals surface area contributed by atoms with Crippen molar-refractivity contribution < 1.29 is 13.2 Å². The van der Waals surface area contributed by atoms with Crippen LogP contribution in [0, 0.1) is 0 Å². The first-order valence-electron chi connectivity index (χ1n) is 3.33. The molecule has 1 aromatic heterocycles. The van der Waals surface area contributed by atoms with Gasteiger partial charge in [0.1, 0.15) is 11.5 Å². The molecule has 0 spiro atoms. The van der Waals surface area contributed by atoms with E-state index in [-0.39, 0.29) is 5.82 Å². The Morgan fingerprint density at radius 2 is 2.00 bits per heavy atom. The molecule has 1 rings (SSSR count). The Hall–Kier alpha value is -0.780. The number of nitrogen functional groups attached to an aromatic ring is 1. The van der Waals surface area contributed by atoms with Crippen molar-refractivity contribution in [2.45, 2.75) is 11.5 Å². The molecule has 0 fully saturated rings. The van der Waals surface area contributed by atoms with Gasteiger partial charge in [-0.05, 0) is 6.07 Å². The molecule has 2 nitrogen and oxygen atoms in total. The van der Waals surface area contributed by atoms with E-state index in [1.165, 1.54) is 6.07 Å². The summed E-state index contributed by atoms with van der Waals surface area (Å²) in [5.74, 6) is -0.0910. The van der Waals surface area contributed by atoms with Crippen LogP contribution in [-0.2, 0) is 11.5 Å². The lowest BCUT2D eigenvalue weighted by molar-refractivity contribution is -0.141. The molecule has 0 saturated carbocycles. The normalized spacial score (nSPS) is 11.7. The Morgan fingerprint density at radius 1 is 1.38 bits per heavy atom. The fourth-order valence-electron chi connectivity index (χ4n) is 0.775. The molecular formula is C7H6BrF3N2. The molecule has 0 atom stereocenters. The molecule has 1 heterocycles. The molecule has 0 aromatic carbocycles. The summed E-state index contributed by atoms with van der Waals surface area (Å²) in [5.41, 5.74) is 4.87. The van der Waals surface area contributed by atoms with Crippen molar-refractivity contribution in [3.8, 4) is 0 Å². The van der Waals surface area contributed by atoms with E-state index in [0.29, 0.717) is 10.9 Å². The second-order valence-electron chi connectivity index (χ2n) is 2.37. The van der Waals surface area contributed by atoms with E-state index in [0.717, 1.165) is 6.07 Å². The smallest absolute Gasteiger partial charge is 0.383 e. The monoisotopic (exact) mass is 254 g/mol. The van der Waals surface area contributed by atoms with Gasteiger partial charge in [-0.3, -0.25) is 0 Å². The molecule has 0 radical (unpaired) electrons. The minimum atomic E-state index is -4.43. The van der Waals surface area contributed by atoms with E-state index >= 15 is 0 Å². The molecule has 0 aliphatic rings. The molecule has 1 aromatic rings. The summed E-state index contributed by atoms with van der Waals surface area (Å²) in [7, 11) is 0. The van der Waals surface area contributed by atoms with Gasteiger partial charge in [0.15, 0.2) is 0 Å². The molecular weight excluding hydrogens is 249 g/mol. The number of aromatic nitrogens is 1. The van der Waals surface area contributed by atoms with Gasteiger partial charge in [-0.15, -0.1) is 0 Å². The number of hydrogen-bond donors (Lipinski definition) is 1. The van der Waals surface area contributed by atoms with Crippen molar-refractivity contribution in [1.82, 2.24) is 4.98 Å². The highest BCUT2D eigenvalue weighted by molar-refractivity contribution is 9.08. The average molecular weight is 255 g/mol. The van der Waals surface area contributed by atoms with Gasteiger partial charge in [0, 0.05) is 10.9 Å². The lowest BCUT2D eigenvalue weighted by atomic mass is 10.2. The average Bonchev–Trinajstić information content (AvgIpc) is 2.02. The van der Waals surface area contributed by atoms with Crippen LogP contribution in [0.4, 0.5) is 19.0 Å². The second kappa shape index (κ2) is 3.53. The lowest BCUT2D eigenvalue weighted by Gasteiger charge is -2.07. The first-order valence-corrected chi connectivity index (χ1v) is 4.46. The van der Waals surface area contributed by atoms with Crippen LogP contribution in [0.25, 0.3) is 0 Å². The van der Waals surface area contributed by atoms with E-state index < -0.39 is 11.9 Å². The quantitative estimate of drug-likeness (QED) is 0.783. The zero-order valence-corrected chi connectivity index (χ0v) is 7.98. The highest BCUT2D eigenvalue weighted by atomic mass is 79.9. The summed E-state index contributed by atoms with van der Waals surface area (Å²) >= 11 is 3.08. The van der Waals surface area contributed by atoms with Gasteiger partial charge in [0.25, 0.3) is 0 Å². The fourth-order valence-corrected chi connectivity index (χ4v) is 1.25. The van der Waals surface area contributed by atoms with Gasteiger partial charge < -0.3 is 5.73 Å². The Balaban J connectivity index is 3.10. The maximum absolute atomic E-state index is 12.1. The van der Waals surface area contributed by atoms with Crippen LogP contribution < -0.4 is 5.73 Å². The minimum Gasteiger partial charge on any atom is -0.383 e. The van der Waals surface area contributed by atoms with E-state index in [1.54, 1.807) is 0 Å². The molecule has 0 aliphatic carbocycles. The second-order valence-corrected chi connectivity index (χ2v) is 2.93. The number of anilines is 1.